The van der Waals surface area contributed by atoms with Crippen LogP contribution in [0, 0.1) is 5.92 Å². The van der Waals surface area contributed by atoms with Crippen molar-refractivity contribution in [2.45, 2.75) is 56.5 Å². The third kappa shape index (κ3) is 4.67. The molecule has 0 spiro atoms. The molecule has 0 aromatic carbocycles. The van der Waals surface area contributed by atoms with Gasteiger partial charge in [-0.05, 0) is 32.7 Å². The molecule has 4 fully saturated rings. The van der Waals surface area contributed by atoms with Crippen molar-refractivity contribution in [1.29, 1.82) is 0 Å². The van der Waals surface area contributed by atoms with Gasteiger partial charge in [-0.25, -0.2) is 0 Å². The maximum atomic E-state index is 12.8. The largest absolute Gasteiger partial charge is 0.389 e. The highest BCUT2D eigenvalue weighted by atomic mass is 16.5. The number of hydrogen-bond acceptors (Lipinski definition) is 6. The van der Waals surface area contributed by atoms with Crippen LogP contribution in [0.15, 0.2) is 0 Å². The summed E-state index contributed by atoms with van der Waals surface area (Å²) in [5.74, 6) is 0.417. The van der Waals surface area contributed by atoms with E-state index in [-0.39, 0.29) is 42.6 Å². The second-order valence-corrected chi connectivity index (χ2v) is 8.79. The topological polar surface area (TPSA) is 82.6 Å². The second-order valence-electron chi connectivity index (χ2n) is 8.79. The molecule has 0 radical (unpaired) electrons. The number of nitrogens with zero attached hydrogens (tertiary/aromatic N) is 3. The quantitative estimate of drug-likeness (QED) is 0.706. The number of ether oxygens (including phenoxy) is 2. The second kappa shape index (κ2) is 8.65. The van der Waals surface area contributed by atoms with Crippen molar-refractivity contribution in [2.75, 3.05) is 53.0 Å². The molecule has 158 valence electrons. The molecule has 2 amide bonds. The zero-order chi connectivity index (χ0) is 19.7. The zero-order valence-electron chi connectivity index (χ0n) is 16.8. The number of amides is 2. The van der Waals surface area contributed by atoms with Crippen LogP contribution < -0.4 is 0 Å². The van der Waals surface area contributed by atoms with Gasteiger partial charge >= 0.3 is 0 Å². The molecule has 0 unspecified atom stereocenters. The van der Waals surface area contributed by atoms with Gasteiger partial charge in [-0.2, -0.15) is 0 Å². The molecular weight excluding hydrogens is 362 g/mol. The van der Waals surface area contributed by atoms with Crippen molar-refractivity contribution in [3.8, 4) is 0 Å². The van der Waals surface area contributed by atoms with Gasteiger partial charge < -0.3 is 29.3 Å². The summed E-state index contributed by atoms with van der Waals surface area (Å²) in [6.45, 7) is 4.26. The van der Waals surface area contributed by atoms with Crippen molar-refractivity contribution in [1.82, 2.24) is 14.7 Å². The van der Waals surface area contributed by atoms with Gasteiger partial charge in [0, 0.05) is 38.6 Å². The van der Waals surface area contributed by atoms with Gasteiger partial charge in [0.2, 0.25) is 11.8 Å². The van der Waals surface area contributed by atoms with Crippen LogP contribution in [0.4, 0.5) is 0 Å². The van der Waals surface area contributed by atoms with Crippen LogP contribution in [0.2, 0.25) is 0 Å². The van der Waals surface area contributed by atoms with E-state index in [0.717, 1.165) is 51.9 Å². The minimum absolute atomic E-state index is 0.0713. The number of β-amino-alcohol motifs (C(OH)–C–C–N with tert-alkyl or cyclic N) is 1. The van der Waals surface area contributed by atoms with E-state index in [1.165, 1.54) is 0 Å². The molecule has 1 aliphatic carbocycles. The third-order valence-corrected chi connectivity index (χ3v) is 6.45. The Kier molecular flexibility index (Phi) is 6.20. The maximum Gasteiger partial charge on any atom is 0.226 e. The summed E-state index contributed by atoms with van der Waals surface area (Å²) >= 11 is 0. The van der Waals surface area contributed by atoms with Crippen LogP contribution in [0.25, 0.3) is 0 Å². The van der Waals surface area contributed by atoms with Crippen molar-refractivity contribution in [2.24, 2.45) is 5.92 Å². The smallest absolute Gasteiger partial charge is 0.226 e. The number of carbonyl (C=O) groups is 2. The lowest BCUT2D eigenvalue weighted by Crippen LogP contribution is -2.58. The molecule has 8 nitrogen and oxygen atoms in total. The number of aliphatic hydroxyl groups is 1. The Morgan fingerprint density at radius 2 is 1.79 bits per heavy atom. The van der Waals surface area contributed by atoms with Crippen LogP contribution in [-0.4, -0.2) is 109 Å². The highest BCUT2D eigenvalue weighted by molar-refractivity contribution is 5.81. The highest BCUT2D eigenvalue weighted by Gasteiger charge is 2.43. The first-order valence-electron chi connectivity index (χ1n) is 10.7. The van der Waals surface area contributed by atoms with Crippen LogP contribution in [0.1, 0.15) is 32.1 Å². The average molecular weight is 396 g/mol. The lowest BCUT2D eigenvalue weighted by molar-refractivity contribution is -0.171. The van der Waals surface area contributed by atoms with E-state index in [9.17, 15) is 14.7 Å². The van der Waals surface area contributed by atoms with E-state index in [2.05, 4.69) is 11.9 Å². The normalized spacial score (nSPS) is 35.1. The van der Waals surface area contributed by atoms with Crippen LogP contribution in [0.5, 0.6) is 0 Å². The molecule has 0 aromatic heterocycles. The van der Waals surface area contributed by atoms with Gasteiger partial charge in [-0.1, -0.05) is 0 Å². The predicted molar refractivity (Wildman–Crippen MR) is 102 cm³/mol. The lowest BCUT2D eigenvalue weighted by atomic mass is 9.94. The third-order valence-electron chi connectivity index (χ3n) is 6.45. The zero-order valence-corrected chi connectivity index (χ0v) is 16.8. The van der Waals surface area contributed by atoms with E-state index >= 15 is 0 Å². The summed E-state index contributed by atoms with van der Waals surface area (Å²) < 4.78 is 11.9. The lowest BCUT2D eigenvalue weighted by Gasteiger charge is -2.45. The van der Waals surface area contributed by atoms with Gasteiger partial charge in [0.25, 0.3) is 0 Å². The van der Waals surface area contributed by atoms with Gasteiger partial charge in [0.05, 0.1) is 37.9 Å². The minimum atomic E-state index is -0.653. The molecule has 4 atom stereocenters. The first-order valence-corrected chi connectivity index (χ1v) is 10.7. The molecule has 3 aliphatic heterocycles. The Bertz CT molecular complexity index is 576. The molecule has 0 bridgehead atoms. The molecule has 4 rings (SSSR count). The molecule has 1 saturated carbocycles. The first kappa shape index (κ1) is 20.1. The predicted octanol–water partition coefficient (Wildman–Crippen LogP) is -0.304. The number of piperazine rings is 1. The Hall–Kier alpha value is -1.22. The molecule has 3 saturated heterocycles. The van der Waals surface area contributed by atoms with Gasteiger partial charge in [0.1, 0.15) is 6.10 Å². The van der Waals surface area contributed by atoms with Crippen molar-refractivity contribution < 1.29 is 24.2 Å². The number of likely N-dealkylation sites (N-methyl/N-ethyl adjacent to an activating group) is 1. The minimum Gasteiger partial charge on any atom is -0.389 e. The summed E-state index contributed by atoms with van der Waals surface area (Å²) in [6, 6.07) is -0.0713. The van der Waals surface area contributed by atoms with Crippen molar-refractivity contribution in [3.05, 3.63) is 0 Å². The summed E-state index contributed by atoms with van der Waals surface area (Å²) in [7, 11) is 2.08. The summed E-state index contributed by atoms with van der Waals surface area (Å²) in [5.41, 5.74) is 0. The van der Waals surface area contributed by atoms with Gasteiger partial charge in [-0.3, -0.25) is 9.59 Å². The maximum absolute atomic E-state index is 12.8. The van der Waals surface area contributed by atoms with Crippen molar-refractivity contribution >= 4 is 11.8 Å². The number of aliphatic hydroxyl groups excluding tert-OH is 1. The first-order chi connectivity index (χ1) is 13.5. The van der Waals surface area contributed by atoms with Gasteiger partial charge in [-0.15, -0.1) is 0 Å². The van der Waals surface area contributed by atoms with E-state index in [1.807, 2.05) is 9.80 Å². The fourth-order valence-electron chi connectivity index (χ4n) is 4.54. The Morgan fingerprint density at radius 3 is 2.50 bits per heavy atom. The standard InChI is InChI=1S/C20H33N3O5/c1-21-6-8-22(9-7-21)19(25)10-16-4-5-17-18(28-16)13-27-12-15(24)11-23(17)20(26)14-2-3-14/h14-18,24H,2-13H2,1H3/t15-,16+,17-,18+/m0/s1. The summed E-state index contributed by atoms with van der Waals surface area (Å²) in [5, 5.41) is 10.1. The number of carbonyl (C=O) groups excluding carboxylic acids is 2. The molecule has 8 heteroatoms. The van der Waals surface area contributed by atoms with Gasteiger partial charge in [0.15, 0.2) is 0 Å². The van der Waals surface area contributed by atoms with E-state index in [1.54, 1.807) is 0 Å². The van der Waals surface area contributed by atoms with Crippen LogP contribution in [0.3, 0.4) is 0 Å². The Balaban J connectivity index is 1.36. The number of hydrogen-bond donors (Lipinski definition) is 1. The van der Waals surface area contributed by atoms with E-state index < -0.39 is 6.10 Å². The highest BCUT2D eigenvalue weighted by Crippen LogP contribution is 2.35. The van der Waals surface area contributed by atoms with Crippen LogP contribution >= 0.6 is 0 Å². The van der Waals surface area contributed by atoms with E-state index in [4.69, 9.17) is 9.47 Å². The molecule has 3 heterocycles. The van der Waals surface area contributed by atoms with Crippen LogP contribution in [-0.2, 0) is 19.1 Å². The average Bonchev–Trinajstić information content (AvgIpc) is 3.50. The summed E-state index contributed by atoms with van der Waals surface area (Å²) in [4.78, 5) is 31.4. The molecule has 28 heavy (non-hydrogen) atoms. The number of fused-ring (bicyclic) bond motifs is 1. The molecular formula is C20H33N3O5. The Labute approximate surface area is 166 Å². The summed E-state index contributed by atoms with van der Waals surface area (Å²) in [6.07, 6.45) is 2.83. The molecule has 0 aromatic rings. The monoisotopic (exact) mass is 395 g/mol. The SMILES string of the molecule is CN1CCN(C(=O)C[C@H]2CC[C@H]3[C@@H](COC[C@@H](O)CN3C(=O)C3CC3)O2)CC1. The fourth-order valence-corrected chi connectivity index (χ4v) is 4.54. The Morgan fingerprint density at radius 1 is 1.04 bits per heavy atom. The molecule has 1 N–H and O–H groups in total. The fraction of sp³-hybridized carbons (Fsp3) is 0.900. The number of rotatable bonds is 3. The molecule has 4 aliphatic rings. The van der Waals surface area contributed by atoms with E-state index in [0.29, 0.717) is 19.6 Å². The van der Waals surface area contributed by atoms with Crippen molar-refractivity contribution in [3.63, 3.8) is 0 Å².